The second-order valence-corrected chi connectivity index (χ2v) is 7.32. The Hall–Kier alpha value is -2.29. The van der Waals surface area contributed by atoms with E-state index in [1.807, 2.05) is 78.9 Å². The van der Waals surface area contributed by atoms with E-state index in [0.717, 1.165) is 26.0 Å². The lowest BCUT2D eigenvalue weighted by Gasteiger charge is -2.10. The van der Waals surface area contributed by atoms with E-state index in [4.69, 9.17) is 16.3 Å². The van der Waals surface area contributed by atoms with Crippen LogP contribution in [-0.4, -0.2) is 0 Å². The molecule has 0 N–H and O–H groups in total. The van der Waals surface area contributed by atoms with Crippen LogP contribution in [0.2, 0.25) is 5.02 Å². The fraction of sp³-hybridized carbons (Fsp3) is 0.0455. The van der Waals surface area contributed by atoms with Crippen molar-refractivity contribution >= 4 is 45.8 Å². The first kappa shape index (κ1) is 18.5. The molecule has 0 fully saturated rings. The highest BCUT2D eigenvalue weighted by molar-refractivity contribution is 14.1. The molecular formula is C22H15ClINO. The monoisotopic (exact) mass is 471 g/mol. The highest BCUT2D eigenvalue weighted by atomic mass is 127. The first-order valence-electron chi connectivity index (χ1n) is 8.00. The average Bonchev–Trinajstić information content (AvgIpc) is 2.66. The summed E-state index contributed by atoms with van der Waals surface area (Å²) in [6.07, 6.45) is 1.86. The number of rotatable bonds is 5. The van der Waals surface area contributed by atoms with Crippen LogP contribution in [0.15, 0.2) is 72.8 Å². The topological polar surface area (TPSA) is 33.0 Å². The number of nitrogens with zero attached hydrogens (tertiary/aromatic N) is 1. The van der Waals surface area contributed by atoms with Crippen molar-refractivity contribution < 1.29 is 4.74 Å². The number of benzene rings is 3. The van der Waals surface area contributed by atoms with Gasteiger partial charge in [-0.15, -0.1) is 0 Å². The molecule has 0 amide bonds. The normalized spacial score (nSPS) is 11.0. The summed E-state index contributed by atoms with van der Waals surface area (Å²) in [5.74, 6) is 0.728. The third-order valence-corrected chi connectivity index (χ3v) is 4.73. The average molecular weight is 472 g/mol. The number of para-hydroxylation sites is 1. The smallest absolute Gasteiger partial charge is 0.127 e. The molecule has 0 saturated heterocycles. The highest BCUT2D eigenvalue weighted by Crippen LogP contribution is 2.26. The minimum Gasteiger partial charge on any atom is -0.488 e. The SMILES string of the molecule is N#C/C(=C/c1ccccc1OCc1cccc(Cl)c1)c1ccc(I)cc1. The molecule has 0 radical (unpaired) electrons. The van der Waals surface area contributed by atoms with E-state index in [2.05, 4.69) is 28.7 Å². The van der Waals surface area contributed by atoms with Crippen molar-refractivity contribution in [1.29, 1.82) is 5.26 Å². The molecule has 0 saturated carbocycles. The minimum absolute atomic E-state index is 0.414. The van der Waals surface area contributed by atoms with Gasteiger partial charge in [0.05, 0.1) is 11.6 Å². The number of halogens is 2. The van der Waals surface area contributed by atoms with Crippen molar-refractivity contribution in [1.82, 2.24) is 0 Å². The van der Waals surface area contributed by atoms with Gasteiger partial charge in [0.25, 0.3) is 0 Å². The zero-order valence-corrected chi connectivity index (χ0v) is 16.7. The van der Waals surface area contributed by atoms with Crippen molar-refractivity contribution in [3.63, 3.8) is 0 Å². The van der Waals surface area contributed by atoms with Crippen LogP contribution in [0.5, 0.6) is 5.75 Å². The van der Waals surface area contributed by atoms with E-state index in [1.54, 1.807) is 0 Å². The molecule has 3 rings (SSSR count). The predicted octanol–water partition coefficient (Wildman–Crippen LogP) is 6.59. The molecule has 3 aromatic rings. The summed E-state index contributed by atoms with van der Waals surface area (Å²) in [6, 6.07) is 25.4. The Morgan fingerprint density at radius 2 is 1.81 bits per heavy atom. The summed E-state index contributed by atoms with van der Waals surface area (Å²) >= 11 is 8.27. The largest absolute Gasteiger partial charge is 0.488 e. The molecule has 26 heavy (non-hydrogen) atoms. The fourth-order valence-electron chi connectivity index (χ4n) is 2.48. The second kappa shape index (κ2) is 8.88. The van der Waals surface area contributed by atoms with Gasteiger partial charge in [0.2, 0.25) is 0 Å². The minimum atomic E-state index is 0.414. The quantitative estimate of drug-likeness (QED) is 0.239. The molecule has 0 unspecified atom stereocenters. The molecular weight excluding hydrogens is 457 g/mol. The Morgan fingerprint density at radius 1 is 1.04 bits per heavy atom. The zero-order valence-electron chi connectivity index (χ0n) is 13.8. The Bertz CT molecular complexity index is 974. The van der Waals surface area contributed by atoms with E-state index >= 15 is 0 Å². The van der Waals surface area contributed by atoms with Crippen LogP contribution in [0.4, 0.5) is 0 Å². The van der Waals surface area contributed by atoms with Crippen molar-refractivity contribution in [3.8, 4) is 11.8 Å². The lowest BCUT2D eigenvalue weighted by atomic mass is 10.0. The van der Waals surface area contributed by atoms with Crippen LogP contribution in [0.1, 0.15) is 16.7 Å². The van der Waals surface area contributed by atoms with Gasteiger partial charge in [-0.1, -0.05) is 54.1 Å². The molecule has 0 aliphatic rings. The van der Waals surface area contributed by atoms with Gasteiger partial charge in [0, 0.05) is 14.2 Å². The molecule has 0 bridgehead atoms. The Kier molecular flexibility index (Phi) is 6.32. The standard InChI is InChI=1S/C22H15ClINO/c23-20-6-3-4-16(12-20)15-26-22-7-2-1-5-18(22)13-19(14-25)17-8-10-21(24)11-9-17/h1-13H,15H2/b19-13-. The van der Waals surface area contributed by atoms with Gasteiger partial charge in [-0.3, -0.25) is 0 Å². The third kappa shape index (κ3) is 4.87. The number of hydrogen-bond donors (Lipinski definition) is 0. The summed E-state index contributed by atoms with van der Waals surface area (Å²) in [5, 5.41) is 10.2. The third-order valence-electron chi connectivity index (χ3n) is 3.78. The van der Waals surface area contributed by atoms with Gasteiger partial charge in [-0.05, 0) is 70.1 Å². The number of nitriles is 1. The van der Waals surface area contributed by atoms with E-state index in [1.165, 1.54) is 0 Å². The summed E-state index contributed by atoms with van der Waals surface area (Å²) in [4.78, 5) is 0. The van der Waals surface area contributed by atoms with Crippen LogP contribution >= 0.6 is 34.2 Å². The van der Waals surface area contributed by atoms with Crippen LogP contribution in [-0.2, 0) is 6.61 Å². The molecule has 0 aromatic heterocycles. The van der Waals surface area contributed by atoms with Gasteiger partial charge in [-0.2, -0.15) is 5.26 Å². The maximum atomic E-state index is 9.56. The predicted molar refractivity (Wildman–Crippen MR) is 115 cm³/mol. The van der Waals surface area contributed by atoms with Gasteiger partial charge < -0.3 is 4.74 Å². The van der Waals surface area contributed by atoms with E-state index in [-0.39, 0.29) is 0 Å². The van der Waals surface area contributed by atoms with E-state index < -0.39 is 0 Å². The Balaban J connectivity index is 1.86. The molecule has 0 aliphatic carbocycles. The first-order chi connectivity index (χ1) is 12.7. The summed E-state index contributed by atoms with van der Waals surface area (Å²) in [5.41, 5.74) is 3.34. The summed E-state index contributed by atoms with van der Waals surface area (Å²) in [6.45, 7) is 0.414. The van der Waals surface area contributed by atoms with Crippen molar-refractivity contribution in [2.75, 3.05) is 0 Å². The lowest BCUT2D eigenvalue weighted by Crippen LogP contribution is -1.97. The molecule has 0 heterocycles. The van der Waals surface area contributed by atoms with E-state index in [0.29, 0.717) is 17.2 Å². The molecule has 2 nitrogen and oxygen atoms in total. The van der Waals surface area contributed by atoms with Crippen LogP contribution in [0.3, 0.4) is 0 Å². The Labute approximate surface area is 171 Å². The lowest BCUT2D eigenvalue weighted by molar-refractivity contribution is 0.305. The summed E-state index contributed by atoms with van der Waals surface area (Å²) < 4.78 is 7.10. The van der Waals surface area contributed by atoms with Crippen molar-refractivity contribution in [2.24, 2.45) is 0 Å². The molecule has 0 aliphatic heterocycles. The van der Waals surface area contributed by atoms with E-state index in [9.17, 15) is 5.26 Å². The van der Waals surface area contributed by atoms with Crippen LogP contribution in [0, 0.1) is 14.9 Å². The van der Waals surface area contributed by atoms with Crippen molar-refractivity contribution in [3.05, 3.63) is 98.1 Å². The van der Waals surface area contributed by atoms with Gasteiger partial charge in [-0.25, -0.2) is 0 Å². The fourth-order valence-corrected chi connectivity index (χ4v) is 3.06. The molecule has 128 valence electrons. The van der Waals surface area contributed by atoms with Gasteiger partial charge >= 0.3 is 0 Å². The van der Waals surface area contributed by atoms with Gasteiger partial charge in [0.15, 0.2) is 0 Å². The number of hydrogen-bond acceptors (Lipinski definition) is 2. The maximum absolute atomic E-state index is 9.56. The van der Waals surface area contributed by atoms with Crippen LogP contribution in [0.25, 0.3) is 11.6 Å². The molecule has 3 aromatic carbocycles. The van der Waals surface area contributed by atoms with Crippen LogP contribution < -0.4 is 4.74 Å². The van der Waals surface area contributed by atoms with Crippen molar-refractivity contribution in [2.45, 2.75) is 6.61 Å². The second-order valence-electron chi connectivity index (χ2n) is 5.63. The highest BCUT2D eigenvalue weighted by Gasteiger charge is 2.06. The molecule has 4 heteroatoms. The summed E-state index contributed by atoms with van der Waals surface area (Å²) in [7, 11) is 0. The zero-order chi connectivity index (χ0) is 18.4. The number of ether oxygens (including phenoxy) is 1. The maximum Gasteiger partial charge on any atom is 0.127 e. The first-order valence-corrected chi connectivity index (χ1v) is 9.45. The number of allylic oxidation sites excluding steroid dienone is 1. The molecule has 0 atom stereocenters. The molecule has 0 spiro atoms. The Morgan fingerprint density at radius 3 is 2.54 bits per heavy atom. The van der Waals surface area contributed by atoms with Gasteiger partial charge in [0.1, 0.15) is 12.4 Å².